The number of hydrogen-bond donors (Lipinski definition) is 1. The fourth-order valence-corrected chi connectivity index (χ4v) is 1.84. The molecule has 1 N–H and O–H groups in total. The van der Waals surface area contributed by atoms with Crippen LogP contribution in [0.1, 0.15) is 32.1 Å². The second kappa shape index (κ2) is 2.29. The fraction of sp³-hybridized carbons (Fsp3) is 0.875. The Kier molecular flexibility index (Phi) is 1.51. The van der Waals surface area contributed by atoms with E-state index >= 15 is 0 Å². The van der Waals surface area contributed by atoms with E-state index in [4.69, 9.17) is 4.74 Å². The Morgan fingerprint density at radius 1 is 1.55 bits per heavy atom. The largest absolute Gasteiger partial charge is 0.365 e. The first-order valence-corrected chi connectivity index (χ1v) is 4.13. The van der Waals surface area contributed by atoms with Gasteiger partial charge in [-0.15, -0.1) is 0 Å². The van der Waals surface area contributed by atoms with Gasteiger partial charge in [-0.05, 0) is 12.8 Å². The topological polar surface area (TPSA) is 46.5 Å². The minimum absolute atomic E-state index is 0.161. The second-order valence-corrected chi connectivity index (χ2v) is 3.41. The molecule has 0 radical (unpaired) electrons. The van der Waals surface area contributed by atoms with E-state index in [9.17, 15) is 9.90 Å². The maximum atomic E-state index is 11.1. The standard InChI is InChI=1S/C8H12O3/c9-6-3-5-8(10)4-1-2-7(6)11-8/h7,10H,1-5H2. The molecular weight excluding hydrogens is 144 g/mol. The molecular formula is C8H12O3. The molecule has 11 heavy (non-hydrogen) atoms. The third-order valence-corrected chi connectivity index (χ3v) is 2.52. The van der Waals surface area contributed by atoms with Gasteiger partial charge in [-0.3, -0.25) is 4.79 Å². The summed E-state index contributed by atoms with van der Waals surface area (Å²) in [5, 5.41) is 9.64. The highest BCUT2D eigenvalue weighted by Crippen LogP contribution is 2.35. The SMILES string of the molecule is O=C1CCC2(O)CCCC1O2. The summed E-state index contributed by atoms with van der Waals surface area (Å²) < 4.78 is 5.23. The van der Waals surface area contributed by atoms with Crippen molar-refractivity contribution >= 4 is 5.78 Å². The predicted octanol–water partition coefficient (Wildman–Crippen LogP) is 0.607. The average Bonchev–Trinajstić information content (AvgIpc) is 1.99. The molecule has 2 aliphatic heterocycles. The van der Waals surface area contributed by atoms with E-state index in [1.54, 1.807) is 0 Å². The van der Waals surface area contributed by atoms with Gasteiger partial charge in [0.25, 0.3) is 0 Å². The van der Waals surface area contributed by atoms with Crippen LogP contribution in [0.4, 0.5) is 0 Å². The number of hydrogen-bond acceptors (Lipinski definition) is 3. The highest BCUT2D eigenvalue weighted by molar-refractivity contribution is 5.83. The Labute approximate surface area is 65.4 Å². The predicted molar refractivity (Wildman–Crippen MR) is 37.9 cm³/mol. The fourth-order valence-electron chi connectivity index (χ4n) is 1.84. The zero-order valence-electron chi connectivity index (χ0n) is 6.38. The molecule has 2 aliphatic rings. The van der Waals surface area contributed by atoms with Crippen LogP contribution in [0.3, 0.4) is 0 Å². The molecule has 2 saturated heterocycles. The smallest absolute Gasteiger partial charge is 0.166 e. The molecule has 0 aliphatic carbocycles. The van der Waals surface area contributed by atoms with E-state index < -0.39 is 5.79 Å². The number of aliphatic hydroxyl groups is 1. The lowest BCUT2D eigenvalue weighted by molar-refractivity contribution is -0.264. The van der Waals surface area contributed by atoms with Crippen molar-refractivity contribution in [1.82, 2.24) is 0 Å². The normalized spacial score (nSPS) is 44.1. The van der Waals surface area contributed by atoms with E-state index in [0.29, 0.717) is 19.3 Å². The molecule has 3 heteroatoms. The van der Waals surface area contributed by atoms with Crippen LogP contribution in [0.25, 0.3) is 0 Å². The summed E-state index contributed by atoms with van der Waals surface area (Å²) in [4.78, 5) is 11.1. The van der Waals surface area contributed by atoms with Crippen molar-refractivity contribution in [2.45, 2.75) is 44.0 Å². The van der Waals surface area contributed by atoms with Crippen LogP contribution < -0.4 is 0 Å². The number of carbonyl (C=O) groups is 1. The molecule has 0 saturated carbocycles. The van der Waals surface area contributed by atoms with Crippen molar-refractivity contribution in [1.29, 1.82) is 0 Å². The number of fused-ring (bicyclic) bond motifs is 2. The van der Waals surface area contributed by atoms with E-state index in [-0.39, 0.29) is 11.9 Å². The molecule has 2 fully saturated rings. The Hall–Kier alpha value is -0.410. The summed E-state index contributed by atoms with van der Waals surface area (Å²) in [6, 6.07) is 0. The first-order valence-electron chi connectivity index (χ1n) is 4.13. The van der Waals surface area contributed by atoms with E-state index in [1.807, 2.05) is 0 Å². The third-order valence-electron chi connectivity index (χ3n) is 2.52. The average molecular weight is 156 g/mol. The molecule has 0 spiro atoms. The monoisotopic (exact) mass is 156 g/mol. The molecule has 0 amide bonds. The van der Waals surface area contributed by atoms with E-state index in [1.165, 1.54) is 0 Å². The summed E-state index contributed by atoms with van der Waals surface area (Å²) in [5.41, 5.74) is 0. The number of carbonyl (C=O) groups excluding carboxylic acids is 1. The zero-order chi connectivity index (χ0) is 7.90. The first kappa shape index (κ1) is 7.25. The molecule has 3 nitrogen and oxygen atoms in total. The second-order valence-electron chi connectivity index (χ2n) is 3.41. The van der Waals surface area contributed by atoms with Gasteiger partial charge in [0.1, 0.15) is 6.10 Å². The van der Waals surface area contributed by atoms with Crippen LogP contribution >= 0.6 is 0 Å². The number of ether oxygens (including phenoxy) is 1. The van der Waals surface area contributed by atoms with E-state index in [0.717, 1.165) is 12.8 Å². The lowest BCUT2D eigenvalue weighted by atomic mass is 9.88. The lowest BCUT2D eigenvalue weighted by Crippen LogP contribution is -2.48. The first-order chi connectivity index (χ1) is 5.20. The molecule has 2 atom stereocenters. The van der Waals surface area contributed by atoms with Crippen LogP contribution in [-0.4, -0.2) is 22.8 Å². The van der Waals surface area contributed by atoms with Crippen LogP contribution in [0, 0.1) is 0 Å². The number of Topliss-reactive ketones (excluding diaryl/α,β-unsaturated/α-hetero) is 1. The van der Waals surface area contributed by atoms with Gasteiger partial charge in [0.2, 0.25) is 0 Å². The van der Waals surface area contributed by atoms with Crippen LogP contribution in [0.5, 0.6) is 0 Å². The Balaban J connectivity index is 2.15. The maximum Gasteiger partial charge on any atom is 0.166 e. The summed E-state index contributed by atoms with van der Waals surface area (Å²) in [7, 11) is 0. The van der Waals surface area contributed by atoms with Gasteiger partial charge >= 0.3 is 0 Å². The van der Waals surface area contributed by atoms with Crippen LogP contribution in [0.15, 0.2) is 0 Å². The third kappa shape index (κ3) is 1.19. The highest BCUT2D eigenvalue weighted by atomic mass is 16.6. The summed E-state index contributed by atoms with van der Waals surface area (Å²) in [5.74, 6) is -0.800. The quantitative estimate of drug-likeness (QED) is 0.559. The van der Waals surface area contributed by atoms with Crippen molar-refractivity contribution in [3.05, 3.63) is 0 Å². The van der Waals surface area contributed by atoms with Gasteiger partial charge in [0.05, 0.1) is 0 Å². The van der Waals surface area contributed by atoms with Gasteiger partial charge in [0, 0.05) is 19.3 Å². The van der Waals surface area contributed by atoms with Crippen molar-refractivity contribution in [2.75, 3.05) is 0 Å². The van der Waals surface area contributed by atoms with Crippen molar-refractivity contribution in [2.24, 2.45) is 0 Å². The van der Waals surface area contributed by atoms with Crippen LogP contribution in [-0.2, 0) is 9.53 Å². The molecule has 0 aromatic carbocycles. The molecule has 2 unspecified atom stereocenters. The minimum atomic E-state index is -0.961. The lowest BCUT2D eigenvalue weighted by Gasteiger charge is -2.40. The Morgan fingerprint density at radius 2 is 2.36 bits per heavy atom. The van der Waals surface area contributed by atoms with Gasteiger partial charge in [0.15, 0.2) is 11.6 Å². The summed E-state index contributed by atoms with van der Waals surface area (Å²) >= 11 is 0. The Bertz CT molecular complexity index is 190. The minimum Gasteiger partial charge on any atom is -0.365 e. The molecule has 62 valence electrons. The van der Waals surface area contributed by atoms with Gasteiger partial charge in [-0.1, -0.05) is 0 Å². The molecule has 0 aromatic rings. The molecule has 0 aromatic heterocycles. The van der Waals surface area contributed by atoms with E-state index in [2.05, 4.69) is 0 Å². The van der Waals surface area contributed by atoms with Crippen molar-refractivity contribution < 1.29 is 14.6 Å². The maximum absolute atomic E-state index is 11.1. The summed E-state index contributed by atoms with van der Waals surface area (Å²) in [6.07, 6.45) is 3.07. The zero-order valence-corrected chi connectivity index (χ0v) is 6.38. The molecule has 2 bridgehead atoms. The highest BCUT2D eigenvalue weighted by Gasteiger charge is 2.42. The van der Waals surface area contributed by atoms with Crippen molar-refractivity contribution in [3.8, 4) is 0 Å². The van der Waals surface area contributed by atoms with Gasteiger partial charge in [-0.25, -0.2) is 0 Å². The van der Waals surface area contributed by atoms with Crippen LogP contribution in [0.2, 0.25) is 0 Å². The Morgan fingerprint density at radius 3 is 3.09 bits per heavy atom. The van der Waals surface area contributed by atoms with Gasteiger partial charge < -0.3 is 9.84 Å². The molecule has 2 heterocycles. The molecule has 2 rings (SSSR count). The van der Waals surface area contributed by atoms with Crippen molar-refractivity contribution in [3.63, 3.8) is 0 Å². The number of ketones is 1. The number of rotatable bonds is 0. The van der Waals surface area contributed by atoms with Gasteiger partial charge in [-0.2, -0.15) is 0 Å². The summed E-state index contributed by atoms with van der Waals surface area (Å²) in [6.45, 7) is 0.